The molecule has 1 aromatic carbocycles. The molecule has 1 aromatic heterocycles. The van der Waals surface area contributed by atoms with Crippen molar-refractivity contribution in [3.8, 4) is 0 Å². The molecule has 2 aromatic rings. The third-order valence-electron chi connectivity index (χ3n) is 3.99. The molecule has 0 atom stereocenters. The third kappa shape index (κ3) is 4.05. The standard InChI is InChI=1S/C18H23N3/c1-3-7-16(8-4-1)14-19-15-17-9-10-20-18(13-17)21-11-5-2-6-12-21/h1,3-4,7-10,13,19H,2,5-6,11-12,14-15H2. The van der Waals surface area contributed by atoms with E-state index in [0.717, 1.165) is 32.0 Å². The van der Waals surface area contributed by atoms with Gasteiger partial charge in [0.1, 0.15) is 5.82 Å². The Bertz CT molecular complexity index is 547. The van der Waals surface area contributed by atoms with Crippen molar-refractivity contribution in [2.24, 2.45) is 0 Å². The first kappa shape index (κ1) is 14.1. The SMILES string of the molecule is c1ccc(CNCc2ccnc(N3CCCCC3)c2)cc1. The van der Waals surface area contributed by atoms with E-state index in [1.165, 1.54) is 30.4 Å². The van der Waals surface area contributed by atoms with Gasteiger partial charge in [0, 0.05) is 32.4 Å². The van der Waals surface area contributed by atoms with Crippen LogP contribution in [-0.2, 0) is 13.1 Å². The highest BCUT2D eigenvalue weighted by atomic mass is 15.2. The van der Waals surface area contributed by atoms with Crippen LogP contribution in [0.3, 0.4) is 0 Å². The Balaban J connectivity index is 1.55. The van der Waals surface area contributed by atoms with Crippen LogP contribution < -0.4 is 10.2 Å². The number of rotatable bonds is 5. The highest BCUT2D eigenvalue weighted by Gasteiger charge is 2.11. The summed E-state index contributed by atoms with van der Waals surface area (Å²) in [5.41, 5.74) is 2.63. The molecule has 1 aliphatic heterocycles. The summed E-state index contributed by atoms with van der Waals surface area (Å²) in [6, 6.07) is 14.8. The van der Waals surface area contributed by atoms with Crippen molar-refractivity contribution < 1.29 is 0 Å². The van der Waals surface area contributed by atoms with Gasteiger partial charge in [0.2, 0.25) is 0 Å². The number of pyridine rings is 1. The first-order valence-corrected chi connectivity index (χ1v) is 7.86. The molecule has 0 amide bonds. The van der Waals surface area contributed by atoms with Gasteiger partial charge in [-0.3, -0.25) is 0 Å². The van der Waals surface area contributed by atoms with Gasteiger partial charge in [0.05, 0.1) is 0 Å². The number of hydrogen-bond donors (Lipinski definition) is 1. The van der Waals surface area contributed by atoms with Crippen LogP contribution in [0.25, 0.3) is 0 Å². The Hall–Kier alpha value is -1.87. The predicted octanol–water partition coefficient (Wildman–Crippen LogP) is 3.36. The molecule has 2 heterocycles. The van der Waals surface area contributed by atoms with Crippen molar-refractivity contribution in [2.75, 3.05) is 18.0 Å². The van der Waals surface area contributed by atoms with Crippen LogP contribution in [0.2, 0.25) is 0 Å². The van der Waals surface area contributed by atoms with Crippen LogP contribution in [0.5, 0.6) is 0 Å². The van der Waals surface area contributed by atoms with Gasteiger partial charge in [0.25, 0.3) is 0 Å². The van der Waals surface area contributed by atoms with E-state index in [1.54, 1.807) is 0 Å². The molecule has 0 bridgehead atoms. The molecule has 0 spiro atoms. The molecule has 0 saturated carbocycles. The van der Waals surface area contributed by atoms with E-state index in [4.69, 9.17) is 0 Å². The van der Waals surface area contributed by atoms with Crippen molar-refractivity contribution in [1.82, 2.24) is 10.3 Å². The molecular weight excluding hydrogens is 258 g/mol. The zero-order valence-electron chi connectivity index (χ0n) is 12.5. The zero-order valence-corrected chi connectivity index (χ0v) is 12.5. The predicted molar refractivity (Wildman–Crippen MR) is 87.3 cm³/mol. The fraction of sp³-hybridized carbons (Fsp3) is 0.389. The van der Waals surface area contributed by atoms with E-state index in [1.807, 2.05) is 6.20 Å². The van der Waals surface area contributed by atoms with E-state index in [-0.39, 0.29) is 0 Å². The molecule has 3 heteroatoms. The van der Waals surface area contributed by atoms with Crippen molar-refractivity contribution >= 4 is 5.82 Å². The summed E-state index contributed by atoms with van der Waals surface area (Å²) in [6.45, 7) is 4.09. The summed E-state index contributed by atoms with van der Waals surface area (Å²) in [5.74, 6) is 1.13. The Morgan fingerprint density at radius 3 is 2.48 bits per heavy atom. The maximum Gasteiger partial charge on any atom is 0.128 e. The lowest BCUT2D eigenvalue weighted by molar-refractivity contribution is 0.573. The van der Waals surface area contributed by atoms with Gasteiger partial charge in [-0.05, 0) is 42.5 Å². The second kappa shape index (κ2) is 7.23. The molecule has 110 valence electrons. The molecular formula is C18H23N3. The van der Waals surface area contributed by atoms with Gasteiger partial charge < -0.3 is 10.2 Å². The quantitative estimate of drug-likeness (QED) is 0.911. The van der Waals surface area contributed by atoms with Crippen molar-refractivity contribution in [1.29, 1.82) is 0 Å². The monoisotopic (exact) mass is 281 g/mol. The van der Waals surface area contributed by atoms with Crippen molar-refractivity contribution in [3.63, 3.8) is 0 Å². The lowest BCUT2D eigenvalue weighted by atomic mass is 10.1. The first-order valence-electron chi connectivity index (χ1n) is 7.86. The van der Waals surface area contributed by atoms with Gasteiger partial charge in [0.15, 0.2) is 0 Å². The second-order valence-electron chi connectivity index (χ2n) is 5.66. The number of nitrogens with zero attached hydrogens (tertiary/aromatic N) is 2. The number of aromatic nitrogens is 1. The Morgan fingerprint density at radius 2 is 1.67 bits per heavy atom. The maximum atomic E-state index is 4.53. The molecule has 0 radical (unpaired) electrons. The molecule has 0 unspecified atom stereocenters. The molecule has 21 heavy (non-hydrogen) atoms. The molecule has 3 rings (SSSR count). The number of anilines is 1. The lowest BCUT2D eigenvalue weighted by Crippen LogP contribution is -2.30. The molecule has 1 saturated heterocycles. The van der Waals surface area contributed by atoms with Crippen LogP contribution in [0, 0.1) is 0 Å². The van der Waals surface area contributed by atoms with E-state index < -0.39 is 0 Å². The summed E-state index contributed by atoms with van der Waals surface area (Å²) < 4.78 is 0. The summed E-state index contributed by atoms with van der Waals surface area (Å²) in [7, 11) is 0. The van der Waals surface area contributed by atoms with E-state index >= 15 is 0 Å². The van der Waals surface area contributed by atoms with Crippen molar-refractivity contribution in [2.45, 2.75) is 32.4 Å². The number of hydrogen-bond acceptors (Lipinski definition) is 3. The number of benzene rings is 1. The van der Waals surface area contributed by atoms with Crippen LogP contribution in [-0.4, -0.2) is 18.1 Å². The Labute approximate surface area is 127 Å². The van der Waals surface area contributed by atoms with E-state index in [0.29, 0.717) is 0 Å². The summed E-state index contributed by atoms with van der Waals surface area (Å²) >= 11 is 0. The van der Waals surface area contributed by atoms with Crippen LogP contribution in [0.1, 0.15) is 30.4 Å². The minimum absolute atomic E-state index is 0.887. The average molecular weight is 281 g/mol. The summed E-state index contributed by atoms with van der Waals surface area (Å²) in [4.78, 5) is 6.93. The average Bonchev–Trinajstić information content (AvgIpc) is 2.57. The van der Waals surface area contributed by atoms with Gasteiger partial charge in [-0.1, -0.05) is 30.3 Å². The first-order chi connectivity index (χ1) is 10.4. The highest BCUT2D eigenvalue weighted by Crippen LogP contribution is 2.18. The number of nitrogens with one attached hydrogen (secondary N) is 1. The number of piperidine rings is 1. The molecule has 0 aliphatic carbocycles. The van der Waals surface area contributed by atoms with Gasteiger partial charge in [-0.15, -0.1) is 0 Å². The van der Waals surface area contributed by atoms with Crippen LogP contribution in [0.4, 0.5) is 5.82 Å². The van der Waals surface area contributed by atoms with Crippen LogP contribution >= 0.6 is 0 Å². The molecule has 1 aliphatic rings. The largest absolute Gasteiger partial charge is 0.357 e. The van der Waals surface area contributed by atoms with E-state index in [2.05, 4.69) is 57.7 Å². The fourth-order valence-electron chi connectivity index (χ4n) is 2.81. The molecule has 3 nitrogen and oxygen atoms in total. The second-order valence-corrected chi connectivity index (χ2v) is 5.66. The Morgan fingerprint density at radius 1 is 0.905 bits per heavy atom. The Kier molecular flexibility index (Phi) is 4.85. The van der Waals surface area contributed by atoms with Gasteiger partial charge in [-0.2, -0.15) is 0 Å². The topological polar surface area (TPSA) is 28.2 Å². The normalized spacial score (nSPS) is 15.1. The lowest BCUT2D eigenvalue weighted by Gasteiger charge is -2.27. The molecule has 1 fully saturated rings. The van der Waals surface area contributed by atoms with Crippen LogP contribution in [0.15, 0.2) is 48.7 Å². The fourth-order valence-corrected chi connectivity index (χ4v) is 2.81. The smallest absolute Gasteiger partial charge is 0.128 e. The molecule has 1 N–H and O–H groups in total. The van der Waals surface area contributed by atoms with E-state index in [9.17, 15) is 0 Å². The minimum atomic E-state index is 0.887. The third-order valence-corrected chi connectivity index (χ3v) is 3.99. The summed E-state index contributed by atoms with van der Waals surface area (Å²) in [5, 5.41) is 3.50. The maximum absolute atomic E-state index is 4.53. The summed E-state index contributed by atoms with van der Waals surface area (Å²) in [6.07, 6.45) is 5.87. The highest BCUT2D eigenvalue weighted by molar-refractivity contribution is 5.41. The van der Waals surface area contributed by atoms with Gasteiger partial charge in [-0.25, -0.2) is 4.98 Å². The van der Waals surface area contributed by atoms with Crippen molar-refractivity contribution in [3.05, 3.63) is 59.8 Å². The van der Waals surface area contributed by atoms with Gasteiger partial charge >= 0.3 is 0 Å². The zero-order chi connectivity index (χ0) is 14.3. The minimum Gasteiger partial charge on any atom is -0.357 e.